The molecule has 1 aromatic heterocycles. The van der Waals surface area contributed by atoms with Crippen LogP contribution in [0.4, 0.5) is 10.8 Å². The quantitative estimate of drug-likeness (QED) is 0.438. The van der Waals surface area contributed by atoms with Crippen molar-refractivity contribution in [1.29, 1.82) is 0 Å². The van der Waals surface area contributed by atoms with Gasteiger partial charge in [0.25, 0.3) is 5.69 Å². The van der Waals surface area contributed by atoms with Crippen LogP contribution in [-0.2, 0) is 4.74 Å². The van der Waals surface area contributed by atoms with E-state index in [1.54, 1.807) is 29.6 Å². The Bertz CT molecular complexity index is 985. The summed E-state index contributed by atoms with van der Waals surface area (Å²) >= 11 is 1.32. The summed E-state index contributed by atoms with van der Waals surface area (Å²) in [5, 5.41) is 16.3. The molecule has 1 aliphatic heterocycles. The molecule has 1 atom stereocenters. The van der Waals surface area contributed by atoms with Gasteiger partial charge in [0.15, 0.2) is 5.13 Å². The highest BCUT2D eigenvalue weighted by atomic mass is 32.1. The summed E-state index contributed by atoms with van der Waals surface area (Å²) in [5.41, 5.74) is 2.29. The molecule has 0 radical (unpaired) electrons. The SMILES string of the molecule is O=C1O[C@H](Nc2nc(-c3cccc([N+](=O)[O-])c3)cs2)c2ccc#cc21. The number of hydrogen-bond donors (Lipinski definition) is 1. The lowest BCUT2D eigenvalue weighted by molar-refractivity contribution is -0.384. The predicted octanol–water partition coefficient (Wildman–Crippen LogP) is 3.60. The van der Waals surface area contributed by atoms with E-state index in [-0.39, 0.29) is 5.69 Å². The number of anilines is 1. The third-order valence-electron chi connectivity index (χ3n) is 3.66. The minimum atomic E-state index is -0.641. The second-order valence-electron chi connectivity index (χ2n) is 5.21. The number of nitro benzene ring substituents is 1. The van der Waals surface area contributed by atoms with Crippen LogP contribution in [0.5, 0.6) is 0 Å². The monoisotopic (exact) mass is 351 g/mol. The first-order valence-electron chi connectivity index (χ1n) is 7.22. The number of fused-ring (bicyclic) bond motifs is 1. The van der Waals surface area contributed by atoms with E-state index in [2.05, 4.69) is 22.4 Å². The van der Waals surface area contributed by atoms with E-state index in [0.29, 0.717) is 27.5 Å². The van der Waals surface area contributed by atoms with E-state index < -0.39 is 17.1 Å². The van der Waals surface area contributed by atoms with Gasteiger partial charge in [-0.25, -0.2) is 9.78 Å². The van der Waals surface area contributed by atoms with Crippen LogP contribution in [0, 0.1) is 22.2 Å². The molecule has 122 valence electrons. The molecule has 0 spiro atoms. The van der Waals surface area contributed by atoms with Gasteiger partial charge in [0.05, 0.1) is 10.6 Å². The van der Waals surface area contributed by atoms with Crippen molar-refractivity contribution >= 4 is 28.1 Å². The highest BCUT2D eigenvalue weighted by Crippen LogP contribution is 2.33. The average Bonchev–Trinajstić information content (AvgIpc) is 3.21. The normalized spacial score (nSPS) is 15.2. The number of esters is 1. The molecule has 1 N–H and O–H groups in total. The second kappa shape index (κ2) is 5.89. The number of rotatable bonds is 4. The maximum absolute atomic E-state index is 11.8. The van der Waals surface area contributed by atoms with Crippen molar-refractivity contribution < 1.29 is 14.5 Å². The molecule has 2 aromatic carbocycles. The highest BCUT2D eigenvalue weighted by molar-refractivity contribution is 7.14. The summed E-state index contributed by atoms with van der Waals surface area (Å²) in [6, 6.07) is 15.1. The second-order valence-corrected chi connectivity index (χ2v) is 6.07. The molecule has 4 rings (SSSR count). The van der Waals surface area contributed by atoms with Gasteiger partial charge < -0.3 is 10.1 Å². The Morgan fingerprint density at radius 2 is 2.24 bits per heavy atom. The number of non-ortho nitro benzene ring substituents is 1. The summed E-state index contributed by atoms with van der Waals surface area (Å²) < 4.78 is 5.28. The van der Waals surface area contributed by atoms with Crippen LogP contribution in [-0.4, -0.2) is 15.9 Å². The van der Waals surface area contributed by atoms with E-state index in [1.807, 2.05) is 0 Å². The van der Waals surface area contributed by atoms with Crippen LogP contribution >= 0.6 is 11.3 Å². The Labute approximate surface area is 146 Å². The largest absolute Gasteiger partial charge is 0.433 e. The fourth-order valence-electron chi connectivity index (χ4n) is 2.49. The minimum Gasteiger partial charge on any atom is -0.433 e. The van der Waals surface area contributed by atoms with Crippen LogP contribution in [0.3, 0.4) is 0 Å². The fraction of sp³-hybridized carbons (Fsp3) is 0.0588. The molecule has 0 amide bonds. The maximum Gasteiger partial charge on any atom is 0.349 e. The van der Waals surface area contributed by atoms with Crippen molar-refractivity contribution in [2.45, 2.75) is 6.23 Å². The zero-order chi connectivity index (χ0) is 17.4. The first-order valence-corrected chi connectivity index (χ1v) is 8.10. The fourth-order valence-corrected chi connectivity index (χ4v) is 3.23. The smallest absolute Gasteiger partial charge is 0.349 e. The van der Waals surface area contributed by atoms with Gasteiger partial charge in [0, 0.05) is 28.6 Å². The molecule has 0 saturated carbocycles. The van der Waals surface area contributed by atoms with Gasteiger partial charge in [-0.3, -0.25) is 10.1 Å². The number of nitrogens with zero attached hydrogens (tertiary/aromatic N) is 2. The number of cyclic esters (lactones) is 1. The Kier molecular flexibility index (Phi) is 3.56. The topological polar surface area (TPSA) is 94.4 Å². The Morgan fingerprint density at radius 1 is 1.36 bits per heavy atom. The van der Waals surface area contributed by atoms with Gasteiger partial charge in [0.1, 0.15) is 5.56 Å². The minimum absolute atomic E-state index is 0.00504. The van der Waals surface area contributed by atoms with Crippen LogP contribution in [0.25, 0.3) is 11.3 Å². The summed E-state index contributed by atoms with van der Waals surface area (Å²) in [5.74, 6) is -0.459. The molecule has 7 nitrogen and oxygen atoms in total. The number of thiazole rings is 1. The number of nitro groups is 1. The molecular formula is C17H9N3O4S. The number of benzene rings is 1. The van der Waals surface area contributed by atoms with Crippen molar-refractivity contribution in [1.82, 2.24) is 4.98 Å². The van der Waals surface area contributed by atoms with Gasteiger partial charge in [0.2, 0.25) is 6.23 Å². The van der Waals surface area contributed by atoms with Crippen LogP contribution in [0.2, 0.25) is 0 Å². The van der Waals surface area contributed by atoms with Crippen molar-refractivity contribution in [2.75, 3.05) is 5.32 Å². The molecule has 2 heterocycles. The predicted molar refractivity (Wildman–Crippen MR) is 90.1 cm³/mol. The molecule has 0 bridgehead atoms. The molecule has 3 aromatic rings. The third-order valence-corrected chi connectivity index (χ3v) is 4.43. The molecule has 8 heteroatoms. The van der Waals surface area contributed by atoms with Gasteiger partial charge in [-0.05, 0) is 12.1 Å². The number of nitrogens with one attached hydrogen (secondary N) is 1. The molecule has 0 aliphatic carbocycles. The van der Waals surface area contributed by atoms with Crippen molar-refractivity contribution in [2.24, 2.45) is 0 Å². The molecule has 0 unspecified atom stereocenters. The van der Waals surface area contributed by atoms with E-state index >= 15 is 0 Å². The van der Waals surface area contributed by atoms with E-state index in [9.17, 15) is 14.9 Å². The zero-order valence-electron chi connectivity index (χ0n) is 12.6. The molecule has 25 heavy (non-hydrogen) atoms. The van der Waals surface area contributed by atoms with Crippen LogP contribution < -0.4 is 5.32 Å². The van der Waals surface area contributed by atoms with Crippen molar-refractivity contribution in [3.63, 3.8) is 0 Å². The number of carbonyl (C=O) groups excluding carboxylic acids is 1. The third kappa shape index (κ3) is 2.77. The Balaban J connectivity index is 1.58. The molecule has 1 aliphatic rings. The van der Waals surface area contributed by atoms with Gasteiger partial charge >= 0.3 is 5.97 Å². The van der Waals surface area contributed by atoms with Gasteiger partial charge in [-0.15, -0.1) is 11.3 Å². The highest BCUT2D eigenvalue weighted by Gasteiger charge is 2.31. The first kappa shape index (κ1) is 15.1. The van der Waals surface area contributed by atoms with Crippen molar-refractivity contribution in [3.05, 3.63) is 75.2 Å². The Morgan fingerprint density at radius 3 is 3.08 bits per heavy atom. The summed E-state index contributed by atoms with van der Waals surface area (Å²) in [7, 11) is 0. The number of aromatic nitrogens is 1. The zero-order valence-corrected chi connectivity index (χ0v) is 13.4. The Hall–Kier alpha value is -3.44. The summed E-state index contributed by atoms with van der Waals surface area (Å²) in [6.07, 6.45) is -0.641. The van der Waals surface area contributed by atoms with Gasteiger partial charge in [-0.2, -0.15) is 0 Å². The maximum atomic E-state index is 11.8. The molecule has 0 saturated heterocycles. The lowest BCUT2D eigenvalue weighted by atomic mass is 10.1. The van der Waals surface area contributed by atoms with E-state index in [0.717, 1.165) is 0 Å². The lowest BCUT2D eigenvalue weighted by Crippen LogP contribution is -2.09. The summed E-state index contributed by atoms with van der Waals surface area (Å²) in [4.78, 5) is 26.7. The van der Waals surface area contributed by atoms with Crippen LogP contribution in [0.1, 0.15) is 22.1 Å². The van der Waals surface area contributed by atoms with E-state index in [1.165, 1.54) is 23.5 Å². The number of ether oxygens (including phenoxy) is 1. The molecular weight excluding hydrogens is 342 g/mol. The summed E-state index contributed by atoms with van der Waals surface area (Å²) in [6.45, 7) is 0. The number of hydrogen-bond acceptors (Lipinski definition) is 7. The van der Waals surface area contributed by atoms with Crippen molar-refractivity contribution in [3.8, 4) is 11.3 Å². The van der Waals surface area contributed by atoms with Crippen LogP contribution in [0.15, 0.2) is 41.8 Å². The number of carbonyl (C=O) groups is 1. The standard InChI is InChI=1S/C17H9N3O4S/c21-16-13-7-2-1-6-12(13)15(24-16)19-17-18-14(9-25-17)10-4-3-5-11(8-10)20(22)23/h1,3-6,8-9,15H,(H,18,19)/t15-/m0/s1. The lowest BCUT2D eigenvalue weighted by Gasteiger charge is -2.11. The average molecular weight is 351 g/mol. The van der Waals surface area contributed by atoms with Gasteiger partial charge in [-0.1, -0.05) is 24.3 Å². The molecule has 0 fully saturated rings. The first-order chi connectivity index (χ1) is 12.1. The van der Waals surface area contributed by atoms with E-state index in [4.69, 9.17) is 4.74 Å².